The Kier molecular flexibility index (Phi) is 3.40. The lowest BCUT2D eigenvalue weighted by molar-refractivity contribution is -0.141. The number of hydrogen-bond donors (Lipinski definition) is 1. The molecule has 1 heterocycles. The molecule has 0 aliphatic rings. The van der Waals surface area contributed by atoms with Crippen LogP contribution in [0.5, 0.6) is 0 Å². The van der Waals surface area contributed by atoms with E-state index in [1.165, 1.54) is 0 Å². The summed E-state index contributed by atoms with van der Waals surface area (Å²) in [5, 5.41) is 0. The molecular formula is C8H10F3N3. The quantitative estimate of drug-likeness (QED) is 0.811. The number of aryl methyl sites for hydroxylation is 1. The van der Waals surface area contributed by atoms with E-state index >= 15 is 0 Å². The van der Waals surface area contributed by atoms with Crippen LogP contribution in [0.2, 0.25) is 0 Å². The van der Waals surface area contributed by atoms with E-state index in [2.05, 4.69) is 9.97 Å². The van der Waals surface area contributed by atoms with Crippen LogP contribution in [0, 0.1) is 0 Å². The molecule has 1 rings (SSSR count). The van der Waals surface area contributed by atoms with Crippen molar-refractivity contribution in [3.63, 3.8) is 0 Å². The molecule has 0 radical (unpaired) electrons. The minimum absolute atomic E-state index is 0.373. The number of halogens is 3. The lowest BCUT2D eigenvalue weighted by Crippen LogP contribution is -2.10. The van der Waals surface area contributed by atoms with Gasteiger partial charge in [0, 0.05) is 5.69 Å². The van der Waals surface area contributed by atoms with E-state index in [1.54, 1.807) is 0 Å². The van der Waals surface area contributed by atoms with E-state index < -0.39 is 11.9 Å². The number of aromatic nitrogens is 2. The van der Waals surface area contributed by atoms with Crippen LogP contribution >= 0.6 is 0 Å². The fraction of sp³-hybridized carbons (Fsp3) is 0.500. The van der Waals surface area contributed by atoms with Gasteiger partial charge in [0.2, 0.25) is 0 Å². The average molecular weight is 205 g/mol. The number of hydrogen-bond acceptors (Lipinski definition) is 3. The van der Waals surface area contributed by atoms with Gasteiger partial charge in [0.1, 0.15) is 12.0 Å². The molecule has 0 fully saturated rings. The summed E-state index contributed by atoms with van der Waals surface area (Å²) in [6.45, 7) is 0.436. The third kappa shape index (κ3) is 2.95. The molecule has 0 spiro atoms. The van der Waals surface area contributed by atoms with Crippen LogP contribution in [0.1, 0.15) is 17.8 Å². The molecular weight excluding hydrogens is 195 g/mol. The van der Waals surface area contributed by atoms with Gasteiger partial charge in [0.05, 0.1) is 0 Å². The van der Waals surface area contributed by atoms with Crippen molar-refractivity contribution < 1.29 is 13.2 Å². The highest BCUT2D eigenvalue weighted by molar-refractivity contribution is 5.11. The summed E-state index contributed by atoms with van der Waals surface area (Å²) in [5.74, 6) is 0. The van der Waals surface area contributed by atoms with E-state index in [0.717, 1.165) is 12.4 Å². The van der Waals surface area contributed by atoms with Crippen LogP contribution in [-0.4, -0.2) is 16.5 Å². The van der Waals surface area contributed by atoms with Crippen LogP contribution in [0.3, 0.4) is 0 Å². The number of rotatable bonds is 3. The Labute approximate surface area is 79.2 Å². The summed E-state index contributed by atoms with van der Waals surface area (Å²) in [6.07, 6.45) is -2.41. The Morgan fingerprint density at radius 3 is 2.57 bits per heavy atom. The van der Waals surface area contributed by atoms with Crippen LogP contribution < -0.4 is 5.73 Å². The Bertz CT molecular complexity index is 298. The first-order chi connectivity index (χ1) is 6.54. The largest absolute Gasteiger partial charge is 0.433 e. The second kappa shape index (κ2) is 4.36. The van der Waals surface area contributed by atoms with Crippen molar-refractivity contribution >= 4 is 0 Å². The van der Waals surface area contributed by atoms with Crippen LogP contribution in [0.4, 0.5) is 13.2 Å². The summed E-state index contributed by atoms with van der Waals surface area (Å²) in [7, 11) is 0. The Balaban J connectivity index is 2.79. The van der Waals surface area contributed by atoms with Crippen LogP contribution in [-0.2, 0) is 12.6 Å². The fourth-order valence-corrected chi connectivity index (χ4v) is 0.973. The molecule has 1 aromatic heterocycles. The molecule has 78 valence electrons. The van der Waals surface area contributed by atoms with Crippen molar-refractivity contribution in [2.75, 3.05) is 6.54 Å². The minimum atomic E-state index is -4.40. The predicted molar refractivity (Wildman–Crippen MR) is 44.4 cm³/mol. The van der Waals surface area contributed by atoms with Gasteiger partial charge in [-0.05, 0) is 25.5 Å². The highest BCUT2D eigenvalue weighted by atomic mass is 19.4. The third-order valence-electron chi connectivity index (χ3n) is 1.65. The molecule has 0 saturated heterocycles. The molecule has 1 aromatic rings. The Morgan fingerprint density at radius 1 is 1.29 bits per heavy atom. The zero-order valence-electron chi connectivity index (χ0n) is 7.38. The molecule has 0 aliphatic heterocycles. The molecule has 0 bridgehead atoms. The maximum atomic E-state index is 12.2. The summed E-state index contributed by atoms with van der Waals surface area (Å²) >= 11 is 0. The standard InChI is InChI=1S/C8H10F3N3/c9-8(10,11)7-4-6(2-1-3-12)13-5-14-7/h4-5H,1-3,12H2. The summed E-state index contributed by atoms with van der Waals surface area (Å²) in [6, 6.07) is 0.954. The first kappa shape index (κ1) is 10.9. The van der Waals surface area contributed by atoms with E-state index in [1.807, 2.05) is 0 Å². The van der Waals surface area contributed by atoms with Gasteiger partial charge in [-0.3, -0.25) is 0 Å². The average Bonchev–Trinajstić information content (AvgIpc) is 2.14. The predicted octanol–water partition coefficient (Wildman–Crippen LogP) is 1.39. The zero-order valence-corrected chi connectivity index (χ0v) is 7.38. The van der Waals surface area contributed by atoms with Gasteiger partial charge in [0.15, 0.2) is 0 Å². The highest BCUT2D eigenvalue weighted by Gasteiger charge is 2.32. The minimum Gasteiger partial charge on any atom is -0.330 e. The lowest BCUT2D eigenvalue weighted by Gasteiger charge is -2.06. The van der Waals surface area contributed by atoms with Crippen molar-refractivity contribution in [1.82, 2.24) is 9.97 Å². The number of nitrogens with zero attached hydrogens (tertiary/aromatic N) is 2. The van der Waals surface area contributed by atoms with Crippen molar-refractivity contribution in [1.29, 1.82) is 0 Å². The smallest absolute Gasteiger partial charge is 0.330 e. The van der Waals surface area contributed by atoms with E-state index in [-0.39, 0.29) is 0 Å². The highest BCUT2D eigenvalue weighted by Crippen LogP contribution is 2.27. The van der Waals surface area contributed by atoms with Gasteiger partial charge in [-0.15, -0.1) is 0 Å². The molecule has 3 nitrogen and oxygen atoms in total. The SMILES string of the molecule is NCCCc1cc(C(F)(F)F)ncn1. The Morgan fingerprint density at radius 2 is 2.00 bits per heavy atom. The first-order valence-corrected chi connectivity index (χ1v) is 4.12. The normalized spacial score (nSPS) is 11.7. The molecule has 0 amide bonds. The molecule has 0 atom stereocenters. The van der Waals surface area contributed by atoms with Crippen molar-refractivity contribution in [2.24, 2.45) is 5.73 Å². The van der Waals surface area contributed by atoms with E-state index in [0.29, 0.717) is 25.1 Å². The van der Waals surface area contributed by atoms with Gasteiger partial charge in [-0.2, -0.15) is 13.2 Å². The van der Waals surface area contributed by atoms with E-state index in [4.69, 9.17) is 5.73 Å². The molecule has 2 N–H and O–H groups in total. The van der Waals surface area contributed by atoms with Crippen molar-refractivity contribution in [3.05, 3.63) is 23.8 Å². The van der Waals surface area contributed by atoms with Crippen LogP contribution in [0.15, 0.2) is 12.4 Å². The Hall–Kier alpha value is -1.17. The molecule has 14 heavy (non-hydrogen) atoms. The van der Waals surface area contributed by atoms with Crippen molar-refractivity contribution in [3.8, 4) is 0 Å². The van der Waals surface area contributed by atoms with Gasteiger partial charge in [-0.1, -0.05) is 0 Å². The fourth-order valence-electron chi connectivity index (χ4n) is 0.973. The molecule has 0 aliphatic carbocycles. The first-order valence-electron chi connectivity index (χ1n) is 4.12. The second-order valence-electron chi connectivity index (χ2n) is 2.78. The van der Waals surface area contributed by atoms with Gasteiger partial charge in [0.25, 0.3) is 0 Å². The zero-order chi connectivity index (χ0) is 10.6. The second-order valence-corrected chi connectivity index (χ2v) is 2.78. The maximum absolute atomic E-state index is 12.2. The van der Waals surface area contributed by atoms with Crippen molar-refractivity contribution in [2.45, 2.75) is 19.0 Å². The monoisotopic (exact) mass is 205 g/mol. The maximum Gasteiger partial charge on any atom is 0.433 e. The van der Waals surface area contributed by atoms with Gasteiger partial charge >= 0.3 is 6.18 Å². The summed E-state index contributed by atoms with van der Waals surface area (Å²) in [4.78, 5) is 6.88. The number of nitrogens with two attached hydrogens (primary N) is 1. The summed E-state index contributed by atoms with van der Waals surface area (Å²) < 4.78 is 36.5. The summed E-state index contributed by atoms with van der Waals surface area (Å²) in [5.41, 5.74) is 4.70. The molecule has 0 unspecified atom stereocenters. The third-order valence-corrected chi connectivity index (χ3v) is 1.65. The van der Waals surface area contributed by atoms with Gasteiger partial charge in [-0.25, -0.2) is 9.97 Å². The van der Waals surface area contributed by atoms with Gasteiger partial charge < -0.3 is 5.73 Å². The molecule has 0 saturated carbocycles. The van der Waals surface area contributed by atoms with Crippen LogP contribution in [0.25, 0.3) is 0 Å². The topological polar surface area (TPSA) is 51.8 Å². The molecule has 6 heteroatoms. The number of alkyl halides is 3. The lowest BCUT2D eigenvalue weighted by atomic mass is 10.2. The molecule has 0 aromatic carbocycles. The van der Waals surface area contributed by atoms with E-state index in [9.17, 15) is 13.2 Å².